The van der Waals surface area contributed by atoms with Crippen molar-refractivity contribution >= 4 is 61.3 Å². The Hall–Kier alpha value is -6.49. The summed E-state index contributed by atoms with van der Waals surface area (Å²) in [6.45, 7) is 15.7. The maximum absolute atomic E-state index is 14.5. The van der Waals surface area contributed by atoms with Gasteiger partial charge in [-0.05, 0) is 83.8 Å². The highest BCUT2D eigenvalue weighted by Crippen LogP contribution is 2.34. The Balaban J connectivity index is 1.06. The van der Waals surface area contributed by atoms with Crippen molar-refractivity contribution in [1.82, 2.24) is 35.1 Å². The number of carbonyl (C=O) groups excluding carboxylic acids is 3. The summed E-state index contributed by atoms with van der Waals surface area (Å²) < 4.78 is 5.47. The molecule has 8 rings (SSSR count). The van der Waals surface area contributed by atoms with E-state index in [9.17, 15) is 14.4 Å². The molecule has 3 N–H and O–H groups in total. The molecule has 3 amide bonds. The molecule has 2 heterocycles. The number of benzene rings is 5. The summed E-state index contributed by atoms with van der Waals surface area (Å²) in [5.41, 5.74) is 6.44. The number of imidazole rings is 2. The van der Waals surface area contributed by atoms with E-state index >= 15 is 0 Å². The molecule has 1 saturated carbocycles. The van der Waals surface area contributed by atoms with E-state index in [-0.39, 0.29) is 42.1 Å². The van der Waals surface area contributed by atoms with Crippen LogP contribution in [0.4, 0.5) is 0 Å². The monoisotopic (exact) mass is 845 g/mol. The molecule has 0 aliphatic heterocycles. The number of carbonyl (C=O) groups is 3. The quantitative estimate of drug-likeness (QED) is 0.0736. The van der Waals surface area contributed by atoms with Crippen molar-refractivity contribution in [2.45, 2.75) is 85.4 Å². The van der Waals surface area contributed by atoms with Gasteiger partial charge in [-0.15, -0.1) is 0 Å². The lowest BCUT2D eigenvalue weighted by molar-refractivity contribution is -0.138. The number of ether oxygens (including phenoxy) is 1. The summed E-state index contributed by atoms with van der Waals surface area (Å²) in [6.07, 6.45) is 4.08. The molecule has 1 aliphatic carbocycles. The molecule has 5 aromatic carbocycles. The number of H-pyrrole nitrogens is 2. The standard InChI is InChI=1S/C52H59N7O4/c1-8-25-59(46(60)26-31(3)9-2)33(5)50-54-44-24-20-40-28-38(18-22-42(40)49(44)56-50)37-17-21-41-39(27-37)19-23-43-48(41)55-45(53-43)30-58(29-32(4)34(6)63-7)52(62)47(35-13-11-10-12-14-35)57-51(61)36-15-16-36/h10-14,17-24,27-28,31-33,36,47H,6,8-9,15-16,25-26,29-30H2,1-5,7H3,(H,53,55)(H,54,56)(H,57,61). The third-order valence-corrected chi connectivity index (χ3v) is 12.8. The van der Waals surface area contributed by atoms with Crippen molar-refractivity contribution in [1.29, 1.82) is 0 Å². The highest BCUT2D eigenvalue weighted by atomic mass is 16.5. The number of aromatic amines is 2. The number of hydrogen-bond acceptors (Lipinski definition) is 6. The van der Waals surface area contributed by atoms with Gasteiger partial charge in [0.25, 0.3) is 0 Å². The van der Waals surface area contributed by atoms with Gasteiger partial charge < -0.3 is 29.8 Å². The van der Waals surface area contributed by atoms with Gasteiger partial charge in [0, 0.05) is 42.1 Å². The first-order chi connectivity index (χ1) is 30.5. The zero-order valence-corrected chi connectivity index (χ0v) is 37.3. The zero-order chi connectivity index (χ0) is 44.4. The molecule has 0 radical (unpaired) electrons. The van der Waals surface area contributed by atoms with E-state index in [0.717, 1.165) is 91.8 Å². The molecule has 11 heteroatoms. The lowest BCUT2D eigenvalue weighted by Gasteiger charge is -2.30. The predicted molar refractivity (Wildman–Crippen MR) is 251 cm³/mol. The molecule has 63 heavy (non-hydrogen) atoms. The fourth-order valence-electron chi connectivity index (χ4n) is 8.56. The highest BCUT2D eigenvalue weighted by molar-refractivity contribution is 6.07. The van der Waals surface area contributed by atoms with E-state index < -0.39 is 6.04 Å². The van der Waals surface area contributed by atoms with Gasteiger partial charge in [-0.25, -0.2) is 9.97 Å². The fraction of sp³-hybridized carbons (Fsp3) is 0.365. The molecule has 326 valence electrons. The van der Waals surface area contributed by atoms with Gasteiger partial charge in [-0.1, -0.05) is 107 Å². The van der Waals surface area contributed by atoms with Crippen LogP contribution >= 0.6 is 0 Å². The fourth-order valence-corrected chi connectivity index (χ4v) is 8.56. The van der Waals surface area contributed by atoms with Gasteiger partial charge in [-0.2, -0.15) is 0 Å². The maximum Gasteiger partial charge on any atom is 0.250 e. The number of nitrogens with one attached hydrogen (secondary N) is 3. The molecule has 4 atom stereocenters. The van der Waals surface area contributed by atoms with Gasteiger partial charge in [0.05, 0.1) is 47.5 Å². The van der Waals surface area contributed by atoms with E-state index in [0.29, 0.717) is 37.0 Å². The molecule has 4 unspecified atom stereocenters. The largest absolute Gasteiger partial charge is 0.501 e. The van der Waals surface area contributed by atoms with Crippen LogP contribution in [0.1, 0.15) is 96.0 Å². The van der Waals surface area contributed by atoms with Gasteiger partial charge in [-0.3, -0.25) is 14.4 Å². The Morgan fingerprint density at radius 2 is 1.48 bits per heavy atom. The Morgan fingerprint density at radius 1 is 0.841 bits per heavy atom. The number of fused-ring (bicyclic) bond motifs is 6. The zero-order valence-electron chi connectivity index (χ0n) is 37.3. The molecule has 0 bridgehead atoms. The van der Waals surface area contributed by atoms with Crippen molar-refractivity contribution in [2.75, 3.05) is 20.2 Å². The minimum atomic E-state index is -0.842. The molecular formula is C52H59N7O4. The molecule has 11 nitrogen and oxygen atoms in total. The predicted octanol–water partition coefficient (Wildman–Crippen LogP) is 10.5. The molecule has 1 fully saturated rings. The summed E-state index contributed by atoms with van der Waals surface area (Å²) in [5, 5.41) is 7.24. The number of aromatic nitrogens is 4. The lowest BCUT2D eigenvalue weighted by atomic mass is 9.98. The summed E-state index contributed by atoms with van der Waals surface area (Å²) in [6, 6.07) is 29.7. The smallest absolute Gasteiger partial charge is 0.250 e. The van der Waals surface area contributed by atoms with Crippen molar-refractivity contribution in [3.63, 3.8) is 0 Å². The summed E-state index contributed by atoms with van der Waals surface area (Å²) in [5.74, 6) is 1.99. The second-order valence-corrected chi connectivity index (χ2v) is 17.5. The summed E-state index contributed by atoms with van der Waals surface area (Å²) >= 11 is 0. The Bertz CT molecular complexity index is 2810. The van der Waals surface area contributed by atoms with Crippen LogP contribution in [0, 0.1) is 17.8 Å². The molecule has 2 aromatic heterocycles. The van der Waals surface area contributed by atoms with Crippen molar-refractivity contribution < 1.29 is 19.1 Å². The normalized spacial score (nSPS) is 14.7. The van der Waals surface area contributed by atoms with Crippen LogP contribution in [0.5, 0.6) is 0 Å². The first-order valence-electron chi connectivity index (χ1n) is 22.5. The highest BCUT2D eigenvalue weighted by Gasteiger charge is 2.35. The summed E-state index contributed by atoms with van der Waals surface area (Å²) in [7, 11) is 1.58. The first kappa shape index (κ1) is 43.2. The van der Waals surface area contributed by atoms with E-state index in [4.69, 9.17) is 14.7 Å². The Kier molecular flexibility index (Phi) is 12.7. The van der Waals surface area contributed by atoms with Crippen LogP contribution in [0.3, 0.4) is 0 Å². The van der Waals surface area contributed by atoms with Crippen LogP contribution in [0.25, 0.3) is 54.7 Å². The van der Waals surface area contributed by atoms with Crippen LogP contribution < -0.4 is 5.32 Å². The van der Waals surface area contributed by atoms with Gasteiger partial charge in [0.1, 0.15) is 17.7 Å². The molecule has 7 aromatic rings. The summed E-state index contributed by atoms with van der Waals surface area (Å²) in [4.78, 5) is 61.8. The average molecular weight is 846 g/mol. The Morgan fingerprint density at radius 3 is 2.08 bits per heavy atom. The molecular weight excluding hydrogens is 787 g/mol. The second-order valence-electron chi connectivity index (χ2n) is 17.5. The van der Waals surface area contributed by atoms with Crippen molar-refractivity contribution in [2.24, 2.45) is 17.8 Å². The molecule has 1 aliphatic rings. The number of rotatable bonds is 18. The SMILES string of the molecule is C=C(OC)C(C)CN(Cc1nc2c(ccc3cc(-c4ccc5c(ccc6[nH]c(C(C)N(CCC)C(=O)CC(C)CC)nc65)c4)ccc32)[nH]1)C(=O)C(NC(=O)C1CC1)c1ccccc1. The molecule has 0 spiro atoms. The number of nitrogens with zero attached hydrogens (tertiary/aromatic N) is 4. The Labute approximate surface area is 369 Å². The lowest BCUT2D eigenvalue weighted by Crippen LogP contribution is -2.45. The molecule has 0 saturated heterocycles. The van der Waals surface area contributed by atoms with Gasteiger partial charge in [0.15, 0.2) is 0 Å². The number of hydrogen-bond donors (Lipinski definition) is 3. The van der Waals surface area contributed by atoms with Crippen molar-refractivity contribution in [3.05, 3.63) is 121 Å². The maximum atomic E-state index is 14.5. The third kappa shape index (κ3) is 9.19. The van der Waals surface area contributed by atoms with Crippen LogP contribution in [-0.2, 0) is 25.7 Å². The number of amides is 3. The van der Waals surface area contributed by atoms with Crippen LogP contribution in [0.2, 0.25) is 0 Å². The van der Waals surface area contributed by atoms with Crippen LogP contribution in [-0.4, -0.2) is 67.7 Å². The second kappa shape index (κ2) is 18.5. The van der Waals surface area contributed by atoms with E-state index in [2.05, 4.69) is 104 Å². The minimum Gasteiger partial charge on any atom is -0.501 e. The van der Waals surface area contributed by atoms with E-state index in [1.807, 2.05) is 48.2 Å². The van der Waals surface area contributed by atoms with E-state index in [1.165, 1.54) is 0 Å². The topological polar surface area (TPSA) is 136 Å². The minimum absolute atomic E-state index is 0.0495. The average Bonchev–Trinajstić information content (AvgIpc) is 3.93. The van der Waals surface area contributed by atoms with E-state index in [1.54, 1.807) is 12.0 Å². The van der Waals surface area contributed by atoms with Gasteiger partial charge >= 0.3 is 0 Å². The first-order valence-corrected chi connectivity index (χ1v) is 22.5. The number of methoxy groups -OCH3 is 1. The van der Waals surface area contributed by atoms with Crippen molar-refractivity contribution in [3.8, 4) is 11.1 Å². The third-order valence-electron chi connectivity index (χ3n) is 12.8. The van der Waals surface area contributed by atoms with Gasteiger partial charge in [0.2, 0.25) is 17.7 Å². The van der Waals surface area contributed by atoms with Crippen LogP contribution in [0.15, 0.2) is 103 Å².